The van der Waals surface area contributed by atoms with Crippen LogP contribution in [0.2, 0.25) is 0 Å². The monoisotopic (exact) mass is 428 g/mol. The number of pyridine rings is 3. The van der Waals surface area contributed by atoms with Crippen LogP contribution in [0.3, 0.4) is 0 Å². The molecular weight excluding hydrogens is 404 g/mol. The number of aromatic nitrogens is 5. The number of nitrogens with zero attached hydrogens (tertiary/aromatic N) is 5. The van der Waals surface area contributed by atoms with E-state index in [2.05, 4.69) is 30.2 Å². The predicted octanol–water partition coefficient (Wildman–Crippen LogP) is 4.85. The summed E-state index contributed by atoms with van der Waals surface area (Å²) in [6.45, 7) is 6.55. The second-order valence-electron chi connectivity index (χ2n) is 7.09. The van der Waals surface area contributed by atoms with Gasteiger partial charge in [-0.15, -0.1) is 0 Å². The molecule has 162 valence electrons. The third kappa shape index (κ3) is 4.64. The highest BCUT2D eigenvalue weighted by molar-refractivity contribution is 5.66. The molecule has 4 rings (SSSR count). The second-order valence-corrected chi connectivity index (χ2v) is 7.09. The third-order valence-corrected chi connectivity index (χ3v) is 4.76. The molecular formula is C24H24N6O2. The highest BCUT2D eigenvalue weighted by Crippen LogP contribution is 2.31. The fraction of sp³-hybridized carbons (Fsp3) is 0.208. The van der Waals surface area contributed by atoms with Crippen molar-refractivity contribution in [3.63, 3.8) is 0 Å². The Kier molecular flexibility index (Phi) is 6.21. The first-order valence-electron chi connectivity index (χ1n) is 10.3. The zero-order valence-corrected chi connectivity index (χ0v) is 18.5. The van der Waals surface area contributed by atoms with Crippen molar-refractivity contribution in [2.45, 2.75) is 20.8 Å². The van der Waals surface area contributed by atoms with Crippen molar-refractivity contribution in [2.24, 2.45) is 0 Å². The van der Waals surface area contributed by atoms with Gasteiger partial charge in [-0.3, -0.25) is 9.97 Å². The van der Waals surface area contributed by atoms with E-state index in [4.69, 9.17) is 9.47 Å². The van der Waals surface area contributed by atoms with Crippen LogP contribution in [0.25, 0.3) is 22.5 Å². The number of methoxy groups -OCH3 is 1. The average molecular weight is 428 g/mol. The summed E-state index contributed by atoms with van der Waals surface area (Å²) in [5.41, 5.74) is 4.83. The van der Waals surface area contributed by atoms with Gasteiger partial charge < -0.3 is 14.8 Å². The van der Waals surface area contributed by atoms with E-state index in [1.54, 1.807) is 25.7 Å². The minimum Gasteiger partial charge on any atom is -0.480 e. The van der Waals surface area contributed by atoms with Gasteiger partial charge in [0.1, 0.15) is 11.5 Å². The molecule has 0 aliphatic carbocycles. The van der Waals surface area contributed by atoms with Gasteiger partial charge in [-0.25, -0.2) is 9.97 Å². The maximum Gasteiger partial charge on any atom is 0.227 e. The minimum atomic E-state index is 0.460. The van der Waals surface area contributed by atoms with Crippen LogP contribution in [0.15, 0.2) is 55.0 Å². The Morgan fingerprint density at radius 1 is 0.906 bits per heavy atom. The van der Waals surface area contributed by atoms with Crippen LogP contribution in [0, 0.1) is 13.8 Å². The maximum absolute atomic E-state index is 6.10. The number of hydrogen-bond donors (Lipinski definition) is 1. The molecule has 0 atom stereocenters. The van der Waals surface area contributed by atoms with Crippen molar-refractivity contribution in [3.05, 3.63) is 66.4 Å². The van der Waals surface area contributed by atoms with Crippen LogP contribution >= 0.6 is 0 Å². The summed E-state index contributed by atoms with van der Waals surface area (Å²) in [5.74, 6) is 2.30. The van der Waals surface area contributed by atoms with Crippen LogP contribution in [-0.4, -0.2) is 38.6 Å². The molecule has 8 nitrogen and oxygen atoms in total. The number of ether oxygens (including phenoxy) is 2. The third-order valence-electron chi connectivity index (χ3n) is 4.76. The fourth-order valence-electron chi connectivity index (χ4n) is 3.13. The first-order valence-corrected chi connectivity index (χ1v) is 10.3. The van der Waals surface area contributed by atoms with Crippen LogP contribution < -0.4 is 14.8 Å². The normalized spacial score (nSPS) is 10.6. The van der Waals surface area contributed by atoms with E-state index < -0.39 is 0 Å². The first kappa shape index (κ1) is 21.2. The standard InChI is InChI=1S/C24H24N6O2/c1-5-25-24-28-14-19(23(30-24)31-4)20-8-9-22(16(3)29-20)32-18-10-11-26-21(12-18)17-7-6-15(2)27-13-17/h6-14H,5H2,1-4H3,(H,25,28,30). The molecule has 1 N–H and O–H groups in total. The zero-order valence-electron chi connectivity index (χ0n) is 18.5. The Morgan fingerprint density at radius 2 is 1.78 bits per heavy atom. The Bertz CT molecular complexity index is 1230. The van der Waals surface area contributed by atoms with Crippen molar-refractivity contribution in [1.29, 1.82) is 0 Å². The Labute approximate surface area is 186 Å². The predicted molar refractivity (Wildman–Crippen MR) is 123 cm³/mol. The average Bonchev–Trinajstić information content (AvgIpc) is 2.81. The molecule has 8 heteroatoms. The smallest absolute Gasteiger partial charge is 0.227 e. The topological polar surface area (TPSA) is 94.9 Å². The Hall–Kier alpha value is -4.07. The molecule has 0 aliphatic heterocycles. The summed E-state index contributed by atoms with van der Waals surface area (Å²) in [5, 5.41) is 3.08. The highest BCUT2D eigenvalue weighted by Gasteiger charge is 2.14. The second kappa shape index (κ2) is 9.38. The van der Waals surface area contributed by atoms with Gasteiger partial charge in [0.05, 0.1) is 29.8 Å². The number of aryl methyl sites for hydroxylation is 2. The molecule has 4 heterocycles. The molecule has 32 heavy (non-hydrogen) atoms. The van der Waals surface area contributed by atoms with E-state index in [0.29, 0.717) is 34.6 Å². The molecule has 0 fully saturated rings. The van der Waals surface area contributed by atoms with Crippen molar-refractivity contribution in [1.82, 2.24) is 24.9 Å². The number of anilines is 1. The lowest BCUT2D eigenvalue weighted by Crippen LogP contribution is -2.04. The van der Waals surface area contributed by atoms with Crippen LogP contribution in [0.4, 0.5) is 5.95 Å². The van der Waals surface area contributed by atoms with E-state index in [9.17, 15) is 0 Å². The van der Waals surface area contributed by atoms with E-state index in [1.807, 2.05) is 57.2 Å². The fourth-order valence-corrected chi connectivity index (χ4v) is 3.13. The quantitative estimate of drug-likeness (QED) is 0.447. The Morgan fingerprint density at radius 3 is 2.50 bits per heavy atom. The molecule has 0 radical (unpaired) electrons. The van der Waals surface area contributed by atoms with Crippen molar-refractivity contribution in [3.8, 4) is 39.9 Å². The number of hydrogen-bond acceptors (Lipinski definition) is 8. The zero-order chi connectivity index (χ0) is 22.5. The van der Waals surface area contributed by atoms with Crippen LogP contribution in [0.5, 0.6) is 17.4 Å². The minimum absolute atomic E-state index is 0.460. The van der Waals surface area contributed by atoms with Gasteiger partial charge in [0, 0.05) is 42.5 Å². The lowest BCUT2D eigenvalue weighted by molar-refractivity contribution is 0.399. The molecule has 0 amide bonds. The van der Waals surface area contributed by atoms with Gasteiger partial charge in [-0.05, 0) is 51.1 Å². The van der Waals surface area contributed by atoms with Crippen molar-refractivity contribution < 1.29 is 9.47 Å². The largest absolute Gasteiger partial charge is 0.480 e. The molecule has 0 saturated carbocycles. The lowest BCUT2D eigenvalue weighted by Gasteiger charge is -2.12. The van der Waals surface area contributed by atoms with Crippen molar-refractivity contribution in [2.75, 3.05) is 19.0 Å². The summed E-state index contributed by atoms with van der Waals surface area (Å²) in [6, 6.07) is 11.4. The lowest BCUT2D eigenvalue weighted by atomic mass is 10.1. The summed E-state index contributed by atoms with van der Waals surface area (Å²) < 4.78 is 11.5. The van der Waals surface area contributed by atoms with Gasteiger partial charge >= 0.3 is 0 Å². The summed E-state index contributed by atoms with van der Waals surface area (Å²) in [7, 11) is 1.58. The van der Waals surface area contributed by atoms with E-state index >= 15 is 0 Å². The summed E-state index contributed by atoms with van der Waals surface area (Å²) in [6.07, 6.45) is 5.23. The highest BCUT2D eigenvalue weighted by atomic mass is 16.5. The van der Waals surface area contributed by atoms with E-state index in [0.717, 1.165) is 29.2 Å². The first-order chi connectivity index (χ1) is 15.6. The van der Waals surface area contributed by atoms with Gasteiger partial charge in [-0.1, -0.05) is 0 Å². The molecule has 0 spiro atoms. The number of nitrogens with one attached hydrogen (secondary N) is 1. The molecule has 0 aromatic carbocycles. The van der Waals surface area contributed by atoms with Crippen LogP contribution in [0.1, 0.15) is 18.3 Å². The number of rotatable bonds is 7. The summed E-state index contributed by atoms with van der Waals surface area (Å²) in [4.78, 5) is 22.2. The van der Waals surface area contributed by atoms with E-state index in [-0.39, 0.29) is 0 Å². The molecule has 4 aromatic heterocycles. The van der Waals surface area contributed by atoms with Gasteiger partial charge in [0.2, 0.25) is 11.8 Å². The van der Waals surface area contributed by atoms with E-state index in [1.165, 1.54) is 0 Å². The molecule has 0 saturated heterocycles. The molecule has 0 aliphatic rings. The summed E-state index contributed by atoms with van der Waals surface area (Å²) >= 11 is 0. The maximum atomic E-state index is 6.10. The van der Waals surface area contributed by atoms with Crippen LogP contribution in [-0.2, 0) is 0 Å². The molecule has 4 aromatic rings. The Balaban J connectivity index is 1.58. The SMILES string of the molecule is CCNc1ncc(-c2ccc(Oc3ccnc(-c4ccc(C)nc4)c3)c(C)n2)c(OC)n1. The van der Waals surface area contributed by atoms with Gasteiger partial charge in [-0.2, -0.15) is 4.98 Å². The van der Waals surface area contributed by atoms with Gasteiger partial charge in [0.25, 0.3) is 0 Å². The molecule has 0 unspecified atom stereocenters. The van der Waals surface area contributed by atoms with Gasteiger partial charge in [0.15, 0.2) is 0 Å². The molecule has 0 bridgehead atoms. The van der Waals surface area contributed by atoms with Crippen molar-refractivity contribution >= 4 is 5.95 Å².